The second-order valence-electron chi connectivity index (χ2n) is 11.0. The number of morpholine rings is 1. The summed E-state index contributed by atoms with van der Waals surface area (Å²) >= 11 is 0. The van der Waals surface area contributed by atoms with Gasteiger partial charge in [-0.05, 0) is 36.8 Å². The first-order valence-corrected chi connectivity index (χ1v) is 13.9. The molecule has 10 nitrogen and oxygen atoms in total. The van der Waals surface area contributed by atoms with E-state index in [9.17, 15) is 4.79 Å². The molecule has 1 aliphatic heterocycles. The van der Waals surface area contributed by atoms with Gasteiger partial charge in [0.15, 0.2) is 11.4 Å². The van der Waals surface area contributed by atoms with Crippen LogP contribution in [0.5, 0.6) is 11.6 Å². The molecule has 1 aromatic carbocycles. The van der Waals surface area contributed by atoms with Crippen LogP contribution >= 0.6 is 0 Å². The van der Waals surface area contributed by atoms with Gasteiger partial charge in [0.2, 0.25) is 11.5 Å². The van der Waals surface area contributed by atoms with Crippen molar-refractivity contribution < 1.29 is 19.0 Å². The Morgan fingerprint density at radius 3 is 2.38 bits per heavy atom. The summed E-state index contributed by atoms with van der Waals surface area (Å²) in [6.45, 7) is 15.1. The van der Waals surface area contributed by atoms with Crippen molar-refractivity contribution in [3.63, 3.8) is 0 Å². The first-order chi connectivity index (χ1) is 18.6. The number of hydrogen-bond acceptors (Lipinski definition) is 8. The smallest absolute Gasteiger partial charge is 0.242 e. The van der Waals surface area contributed by atoms with Crippen molar-refractivity contribution in [1.29, 1.82) is 5.41 Å². The van der Waals surface area contributed by atoms with Crippen molar-refractivity contribution in [2.75, 3.05) is 38.3 Å². The summed E-state index contributed by atoms with van der Waals surface area (Å²) < 4.78 is 20.4. The van der Waals surface area contributed by atoms with Gasteiger partial charge in [0.05, 0.1) is 32.1 Å². The van der Waals surface area contributed by atoms with E-state index in [0.717, 1.165) is 48.5 Å². The standard InChI is InChI=1S/C29H42N6O4/c1-8-19-17-25(39-21(9-2)10-3)31-35-27(19)32-34(28(35)30)18-24(36)20-15-22(29(4,5)6)26(37-7)23(16-20)33-11-13-38-14-12-33/h15-17,21,30H,8-14,18H2,1-7H3. The Hall–Kier alpha value is -3.40. The number of aromatic nitrogens is 4. The lowest BCUT2D eigenvalue weighted by Crippen LogP contribution is -2.37. The highest BCUT2D eigenvalue weighted by Crippen LogP contribution is 2.40. The van der Waals surface area contributed by atoms with Crippen LogP contribution in [0.1, 0.15) is 75.9 Å². The van der Waals surface area contributed by atoms with Crippen molar-refractivity contribution >= 4 is 17.1 Å². The van der Waals surface area contributed by atoms with E-state index in [2.05, 4.69) is 49.7 Å². The Balaban J connectivity index is 1.73. The predicted octanol–water partition coefficient (Wildman–Crippen LogP) is 4.17. The Kier molecular flexibility index (Phi) is 8.64. The Labute approximate surface area is 230 Å². The van der Waals surface area contributed by atoms with Gasteiger partial charge in [-0.25, -0.2) is 4.68 Å². The zero-order valence-electron chi connectivity index (χ0n) is 24.3. The number of carbonyl (C=O) groups is 1. The van der Waals surface area contributed by atoms with Crippen LogP contribution in [0.2, 0.25) is 0 Å². The number of benzene rings is 1. The zero-order valence-corrected chi connectivity index (χ0v) is 24.3. The van der Waals surface area contributed by atoms with Crippen LogP contribution in [0.15, 0.2) is 18.2 Å². The molecule has 0 saturated carbocycles. The highest BCUT2D eigenvalue weighted by atomic mass is 16.5. The molecular weight excluding hydrogens is 496 g/mol. The highest BCUT2D eigenvalue weighted by Gasteiger charge is 2.27. The predicted molar refractivity (Wildman–Crippen MR) is 150 cm³/mol. The zero-order chi connectivity index (χ0) is 28.3. The summed E-state index contributed by atoms with van der Waals surface area (Å²) in [7, 11) is 1.68. The number of nitrogens with one attached hydrogen (secondary N) is 1. The average molecular weight is 539 g/mol. The molecule has 10 heteroatoms. The Morgan fingerprint density at radius 2 is 1.79 bits per heavy atom. The van der Waals surface area contributed by atoms with Crippen LogP contribution < -0.4 is 20.0 Å². The SMILES string of the molecule is CCc1cc(OC(CC)CC)nn2c(=N)n(CC(=O)c3cc(N4CCOCC4)c(OC)c(C(C)(C)C)c3)nc12. The summed E-state index contributed by atoms with van der Waals surface area (Å²) in [5.41, 5.74) is 3.67. The summed E-state index contributed by atoms with van der Waals surface area (Å²) in [4.78, 5) is 15.9. The molecule has 3 heterocycles. The summed E-state index contributed by atoms with van der Waals surface area (Å²) in [6.07, 6.45) is 2.49. The van der Waals surface area contributed by atoms with Gasteiger partial charge in [0.25, 0.3) is 0 Å². The molecule has 4 rings (SSSR count). The molecule has 1 aliphatic rings. The van der Waals surface area contributed by atoms with Crippen molar-refractivity contribution in [2.45, 2.75) is 78.9 Å². The van der Waals surface area contributed by atoms with Gasteiger partial charge in [0, 0.05) is 35.8 Å². The third-order valence-corrected chi connectivity index (χ3v) is 7.27. The molecule has 1 saturated heterocycles. The van der Waals surface area contributed by atoms with Gasteiger partial charge < -0.3 is 19.1 Å². The van der Waals surface area contributed by atoms with E-state index in [0.29, 0.717) is 36.7 Å². The topological polar surface area (TPSA) is 107 Å². The highest BCUT2D eigenvalue weighted by molar-refractivity contribution is 5.97. The first-order valence-electron chi connectivity index (χ1n) is 13.9. The molecule has 1 fully saturated rings. The minimum Gasteiger partial charge on any atom is -0.494 e. The average Bonchev–Trinajstić information content (AvgIpc) is 3.25. The van der Waals surface area contributed by atoms with Crippen molar-refractivity contribution in [2.24, 2.45) is 0 Å². The number of ether oxygens (including phenoxy) is 3. The lowest BCUT2D eigenvalue weighted by Gasteiger charge is -2.33. The lowest BCUT2D eigenvalue weighted by atomic mass is 9.84. The van der Waals surface area contributed by atoms with E-state index in [-0.39, 0.29) is 29.5 Å². The van der Waals surface area contributed by atoms with E-state index < -0.39 is 0 Å². The number of methoxy groups -OCH3 is 1. The second-order valence-corrected chi connectivity index (χ2v) is 11.0. The van der Waals surface area contributed by atoms with E-state index in [1.807, 2.05) is 25.1 Å². The van der Waals surface area contributed by atoms with Crippen LogP contribution in [-0.4, -0.2) is 64.7 Å². The van der Waals surface area contributed by atoms with Crippen molar-refractivity contribution in [3.8, 4) is 11.6 Å². The molecule has 0 unspecified atom stereocenters. The monoisotopic (exact) mass is 538 g/mol. The second kappa shape index (κ2) is 11.8. The molecule has 1 N–H and O–H groups in total. The molecule has 3 aromatic rings. The van der Waals surface area contributed by atoms with Crippen LogP contribution in [0.25, 0.3) is 5.65 Å². The number of carbonyl (C=O) groups excluding carboxylic acids is 1. The van der Waals surface area contributed by atoms with Crippen LogP contribution in [0.3, 0.4) is 0 Å². The number of nitrogens with zero attached hydrogens (tertiary/aromatic N) is 5. The fourth-order valence-electron chi connectivity index (χ4n) is 4.92. The Morgan fingerprint density at radius 1 is 1.10 bits per heavy atom. The summed E-state index contributed by atoms with van der Waals surface area (Å²) in [5, 5.41) is 17.9. The van der Waals surface area contributed by atoms with Gasteiger partial charge >= 0.3 is 0 Å². The first kappa shape index (κ1) is 28.6. The van der Waals surface area contributed by atoms with Gasteiger partial charge in [0.1, 0.15) is 12.3 Å². The largest absolute Gasteiger partial charge is 0.494 e. The Bertz CT molecular complexity index is 1380. The molecule has 0 aliphatic carbocycles. The molecule has 0 radical (unpaired) electrons. The normalized spacial score (nSPS) is 14.3. The summed E-state index contributed by atoms with van der Waals surface area (Å²) in [6, 6.07) is 5.71. The van der Waals surface area contributed by atoms with Gasteiger partial charge in [-0.2, -0.15) is 4.52 Å². The van der Waals surface area contributed by atoms with E-state index in [1.54, 1.807) is 7.11 Å². The molecule has 0 amide bonds. The number of ketones is 1. The van der Waals surface area contributed by atoms with E-state index in [1.165, 1.54) is 9.20 Å². The molecule has 0 spiro atoms. The van der Waals surface area contributed by atoms with Crippen LogP contribution in [-0.2, 0) is 23.1 Å². The maximum absolute atomic E-state index is 13.7. The summed E-state index contributed by atoms with van der Waals surface area (Å²) in [5.74, 6) is 1.12. The molecule has 39 heavy (non-hydrogen) atoms. The third-order valence-electron chi connectivity index (χ3n) is 7.27. The van der Waals surface area contributed by atoms with Gasteiger partial charge in [-0.15, -0.1) is 10.2 Å². The van der Waals surface area contributed by atoms with E-state index >= 15 is 0 Å². The molecule has 212 valence electrons. The van der Waals surface area contributed by atoms with Gasteiger partial charge in [-0.3, -0.25) is 10.2 Å². The number of Topliss-reactive ketones (excluding diaryl/α,β-unsaturated/α-hetero) is 1. The molecule has 0 atom stereocenters. The fourth-order valence-corrected chi connectivity index (χ4v) is 4.92. The number of fused-ring (bicyclic) bond motifs is 1. The number of anilines is 1. The number of rotatable bonds is 10. The minimum atomic E-state index is -0.245. The van der Waals surface area contributed by atoms with Gasteiger partial charge in [-0.1, -0.05) is 41.5 Å². The van der Waals surface area contributed by atoms with Crippen molar-refractivity contribution in [3.05, 3.63) is 40.5 Å². The molecule has 2 aromatic heterocycles. The van der Waals surface area contributed by atoms with Crippen LogP contribution in [0, 0.1) is 5.41 Å². The van der Waals surface area contributed by atoms with Crippen LogP contribution in [0.4, 0.5) is 5.69 Å². The third kappa shape index (κ3) is 5.95. The maximum atomic E-state index is 13.7. The fraction of sp³-hybridized carbons (Fsp3) is 0.586. The molecular formula is C29H42N6O4. The maximum Gasteiger partial charge on any atom is 0.242 e. The molecule has 0 bridgehead atoms. The number of hydrogen-bond donors (Lipinski definition) is 1. The van der Waals surface area contributed by atoms with Crippen molar-refractivity contribution in [1.82, 2.24) is 19.4 Å². The van der Waals surface area contributed by atoms with E-state index in [4.69, 9.17) is 19.6 Å². The quantitative estimate of drug-likeness (QED) is 0.386. The minimum absolute atomic E-state index is 0.0287. The number of aryl methyl sites for hydroxylation is 1. The lowest BCUT2D eigenvalue weighted by molar-refractivity contribution is 0.0965.